The molecule has 0 fully saturated rings. The van der Waals surface area contributed by atoms with Crippen LogP contribution in [0, 0.1) is 5.92 Å². The van der Waals surface area contributed by atoms with Crippen LogP contribution < -0.4 is 15.4 Å². The quantitative estimate of drug-likeness (QED) is 0.534. The predicted octanol–water partition coefficient (Wildman–Crippen LogP) is 3.68. The average molecular weight is 432 g/mol. The molecule has 0 aromatic heterocycles. The molecule has 2 aromatic carbocycles. The van der Waals surface area contributed by atoms with Gasteiger partial charge in [0.2, 0.25) is 15.9 Å². The van der Waals surface area contributed by atoms with Gasteiger partial charge in [0.1, 0.15) is 6.04 Å². The highest BCUT2D eigenvalue weighted by molar-refractivity contribution is 7.92. The van der Waals surface area contributed by atoms with Crippen molar-refractivity contribution in [2.75, 3.05) is 15.8 Å². The lowest BCUT2D eigenvalue weighted by Crippen LogP contribution is -2.37. The van der Waals surface area contributed by atoms with Gasteiger partial charge in [-0.25, -0.2) is 8.42 Å². The van der Waals surface area contributed by atoms with Gasteiger partial charge < -0.3 is 10.6 Å². The summed E-state index contributed by atoms with van der Waals surface area (Å²) < 4.78 is 26.2. The molecule has 0 spiro atoms. The number of carbonyl (C=O) groups is 2. The number of carbonyl (C=O) groups excluding carboxylic acids is 2. The maximum atomic E-state index is 12.9. The number of hydrogen-bond acceptors (Lipinski definition) is 4. The van der Waals surface area contributed by atoms with E-state index in [-0.39, 0.29) is 23.5 Å². The Hall–Kier alpha value is -2.87. The number of amides is 2. The zero-order chi connectivity index (χ0) is 22.1. The second-order valence-electron chi connectivity index (χ2n) is 7.50. The first-order valence-electron chi connectivity index (χ1n) is 9.96. The molecule has 2 aromatic rings. The van der Waals surface area contributed by atoms with Gasteiger partial charge in [-0.15, -0.1) is 0 Å². The molecule has 3 N–H and O–H groups in total. The van der Waals surface area contributed by atoms with E-state index < -0.39 is 16.1 Å². The van der Waals surface area contributed by atoms with E-state index in [2.05, 4.69) is 15.4 Å². The van der Waals surface area contributed by atoms with Gasteiger partial charge in [0.05, 0.1) is 5.75 Å². The standard InChI is InChI=1S/C22H29N3O4S/c1-4-14-30(28,29)25-19-12-10-18(11-13-19)23-22(27)21(17-8-6-5-7-9-17)24-20(26)15-16(2)3/h5-13,16,21,25H,4,14-15H2,1-3H3,(H,23,27)(H,24,26). The van der Waals surface area contributed by atoms with E-state index >= 15 is 0 Å². The Morgan fingerprint density at radius 1 is 0.933 bits per heavy atom. The van der Waals surface area contributed by atoms with E-state index in [0.29, 0.717) is 29.8 Å². The average Bonchev–Trinajstić information content (AvgIpc) is 2.67. The molecule has 0 bridgehead atoms. The third kappa shape index (κ3) is 7.51. The molecule has 0 saturated heterocycles. The van der Waals surface area contributed by atoms with Crippen LogP contribution in [0.15, 0.2) is 54.6 Å². The summed E-state index contributed by atoms with van der Waals surface area (Å²) in [5.74, 6) is -0.360. The Labute approximate surface area is 178 Å². The molecule has 30 heavy (non-hydrogen) atoms. The van der Waals surface area contributed by atoms with Crippen molar-refractivity contribution in [3.63, 3.8) is 0 Å². The van der Waals surface area contributed by atoms with Gasteiger partial charge in [-0.1, -0.05) is 51.1 Å². The van der Waals surface area contributed by atoms with Crippen LogP contribution >= 0.6 is 0 Å². The van der Waals surface area contributed by atoms with E-state index in [1.54, 1.807) is 55.5 Å². The second-order valence-corrected chi connectivity index (χ2v) is 9.34. The Morgan fingerprint density at radius 2 is 1.53 bits per heavy atom. The van der Waals surface area contributed by atoms with Crippen molar-refractivity contribution in [2.24, 2.45) is 5.92 Å². The Morgan fingerprint density at radius 3 is 2.10 bits per heavy atom. The summed E-state index contributed by atoms with van der Waals surface area (Å²) in [4.78, 5) is 25.2. The zero-order valence-electron chi connectivity index (χ0n) is 17.5. The fourth-order valence-electron chi connectivity index (χ4n) is 2.87. The molecule has 0 radical (unpaired) electrons. The zero-order valence-corrected chi connectivity index (χ0v) is 18.3. The highest BCUT2D eigenvalue weighted by Gasteiger charge is 2.23. The second kappa shape index (κ2) is 10.8. The van der Waals surface area contributed by atoms with Gasteiger partial charge in [-0.3, -0.25) is 14.3 Å². The van der Waals surface area contributed by atoms with Crippen LogP contribution in [-0.2, 0) is 19.6 Å². The van der Waals surface area contributed by atoms with Crippen molar-refractivity contribution in [1.82, 2.24) is 5.32 Å². The molecule has 162 valence electrons. The van der Waals surface area contributed by atoms with Crippen molar-refractivity contribution < 1.29 is 18.0 Å². The number of rotatable bonds is 10. The van der Waals surface area contributed by atoms with Crippen molar-refractivity contribution in [3.8, 4) is 0 Å². The van der Waals surface area contributed by atoms with Gasteiger partial charge in [-0.05, 0) is 42.2 Å². The third-order valence-electron chi connectivity index (χ3n) is 4.19. The Balaban J connectivity index is 2.12. The largest absolute Gasteiger partial charge is 0.341 e. The monoisotopic (exact) mass is 431 g/mol. The van der Waals surface area contributed by atoms with Gasteiger partial charge in [-0.2, -0.15) is 0 Å². The third-order valence-corrected chi connectivity index (χ3v) is 5.69. The summed E-state index contributed by atoms with van der Waals surface area (Å²) in [5.41, 5.74) is 1.60. The van der Waals surface area contributed by atoms with Crippen LogP contribution in [0.1, 0.15) is 45.2 Å². The van der Waals surface area contributed by atoms with Gasteiger partial charge >= 0.3 is 0 Å². The molecule has 0 aliphatic heterocycles. The number of sulfonamides is 1. The van der Waals surface area contributed by atoms with Gasteiger partial charge in [0.25, 0.3) is 5.91 Å². The lowest BCUT2D eigenvalue weighted by molar-refractivity contribution is -0.127. The topological polar surface area (TPSA) is 104 Å². The fraction of sp³-hybridized carbons (Fsp3) is 0.364. The molecule has 0 aliphatic rings. The molecular weight excluding hydrogens is 402 g/mol. The van der Waals surface area contributed by atoms with Crippen LogP contribution in [0.25, 0.3) is 0 Å². The summed E-state index contributed by atoms with van der Waals surface area (Å²) in [7, 11) is -3.38. The normalized spacial score (nSPS) is 12.3. The summed E-state index contributed by atoms with van der Waals surface area (Å²) in [5, 5.41) is 5.58. The minimum atomic E-state index is -3.38. The van der Waals surface area contributed by atoms with Gasteiger partial charge in [0.15, 0.2) is 0 Å². The fourth-order valence-corrected chi connectivity index (χ4v) is 4.01. The lowest BCUT2D eigenvalue weighted by atomic mass is 10.0. The number of benzene rings is 2. The van der Waals surface area contributed by atoms with Crippen molar-refractivity contribution in [2.45, 2.75) is 39.7 Å². The van der Waals surface area contributed by atoms with Gasteiger partial charge in [0, 0.05) is 17.8 Å². The predicted molar refractivity (Wildman–Crippen MR) is 120 cm³/mol. The summed E-state index contributed by atoms with van der Waals surface area (Å²) in [6, 6.07) is 14.6. The smallest absolute Gasteiger partial charge is 0.251 e. The van der Waals surface area contributed by atoms with Crippen LogP contribution in [0.2, 0.25) is 0 Å². The molecule has 0 aliphatic carbocycles. The first-order chi connectivity index (χ1) is 14.2. The van der Waals surface area contributed by atoms with E-state index in [9.17, 15) is 18.0 Å². The molecule has 2 amide bonds. The maximum absolute atomic E-state index is 12.9. The molecule has 1 atom stereocenters. The maximum Gasteiger partial charge on any atom is 0.251 e. The highest BCUT2D eigenvalue weighted by atomic mass is 32.2. The number of nitrogens with one attached hydrogen (secondary N) is 3. The molecule has 8 heteroatoms. The number of hydrogen-bond donors (Lipinski definition) is 3. The molecule has 0 saturated carbocycles. The molecular formula is C22H29N3O4S. The van der Waals surface area contributed by atoms with Crippen molar-refractivity contribution >= 4 is 33.2 Å². The first kappa shape index (κ1) is 23.4. The molecule has 1 unspecified atom stereocenters. The summed E-state index contributed by atoms with van der Waals surface area (Å²) in [6.45, 7) is 5.67. The molecule has 7 nitrogen and oxygen atoms in total. The lowest BCUT2D eigenvalue weighted by Gasteiger charge is -2.20. The molecule has 0 heterocycles. The Bertz CT molecular complexity index is 942. The van der Waals surface area contributed by atoms with Crippen LogP contribution in [0.4, 0.5) is 11.4 Å². The minimum absolute atomic E-state index is 0.0420. The van der Waals surface area contributed by atoms with E-state index in [1.165, 1.54) is 0 Å². The van der Waals surface area contributed by atoms with E-state index in [4.69, 9.17) is 0 Å². The van der Waals surface area contributed by atoms with E-state index in [1.807, 2.05) is 19.9 Å². The summed E-state index contributed by atoms with van der Waals surface area (Å²) >= 11 is 0. The van der Waals surface area contributed by atoms with Crippen molar-refractivity contribution in [1.29, 1.82) is 0 Å². The number of anilines is 2. The van der Waals surface area contributed by atoms with Crippen molar-refractivity contribution in [3.05, 3.63) is 60.2 Å². The first-order valence-corrected chi connectivity index (χ1v) is 11.6. The molecule has 2 rings (SSSR count). The SMILES string of the molecule is CCCS(=O)(=O)Nc1ccc(NC(=O)C(NC(=O)CC(C)C)c2ccccc2)cc1. The van der Waals surface area contributed by atoms with E-state index in [0.717, 1.165) is 0 Å². The Kier molecular flexibility index (Phi) is 8.41. The minimum Gasteiger partial charge on any atom is -0.341 e. The van der Waals surface area contributed by atoms with Crippen LogP contribution in [0.5, 0.6) is 0 Å². The highest BCUT2D eigenvalue weighted by Crippen LogP contribution is 2.19. The summed E-state index contributed by atoms with van der Waals surface area (Å²) in [6.07, 6.45) is 0.843. The van der Waals surface area contributed by atoms with Crippen LogP contribution in [-0.4, -0.2) is 26.0 Å². The van der Waals surface area contributed by atoms with Crippen LogP contribution in [0.3, 0.4) is 0 Å².